The Labute approximate surface area is 229 Å². The number of benzene rings is 2. The minimum absolute atomic E-state index is 0.0226. The van der Waals surface area contributed by atoms with Crippen LogP contribution in [0.15, 0.2) is 53.9 Å². The van der Waals surface area contributed by atoms with E-state index in [1.165, 1.54) is 0 Å². The molecule has 8 nitrogen and oxygen atoms in total. The molecule has 0 saturated carbocycles. The number of hydrogen-bond acceptors (Lipinski definition) is 6. The fourth-order valence-electron chi connectivity index (χ4n) is 4.06. The lowest BCUT2D eigenvalue weighted by Crippen LogP contribution is -2.45. The predicted octanol–water partition coefficient (Wildman–Crippen LogP) is 5.60. The molecule has 204 valence electrons. The number of carbonyl (C=O) groups is 2. The van der Waals surface area contributed by atoms with E-state index in [9.17, 15) is 9.59 Å². The molecule has 0 radical (unpaired) electrons. The number of urea groups is 1. The van der Waals surface area contributed by atoms with Crippen LogP contribution in [-0.2, 0) is 17.8 Å². The summed E-state index contributed by atoms with van der Waals surface area (Å²) < 4.78 is 16.1. The molecule has 0 bridgehead atoms. The third-order valence-electron chi connectivity index (χ3n) is 6.23. The maximum Gasteiger partial charge on any atom is 0.322 e. The van der Waals surface area contributed by atoms with Gasteiger partial charge in [0.25, 0.3) is 0 Å². The Hall–Kier alpha value is -3.72. The third-order valence-corrected chi connectivity index (χ3v) is 7.24. The molecule has 2 aromatic carbocycles. The summed E-state index contributed by atoms with van der Waals surface area (Å²) in [4.78, 5) is 31.3. The quantitative estimate of drug-likeness (QED) is 0.306. The topological polar surface area (TPSA) is 80.3 Å². The lowest BCUT2D eigenvalue weighted by Gasteiger charge is -2.28. The van der Waals surface area contributed by atoms with Crippen molar-refractivity contribution >= 4 is 29.0 Å². The number of aryl methyl sites for hydroxylation is 1. The average Bonchev–Trinajstić information content (AvgIpc) is 3.34. The monoisotopic (exact) mass is 539 g/mol. The highest BCUT2D eigenvalue weighted by molar-refractivity contribution is 7.10. The summed E-state index contributed by atoms with van der Waals surface area (Å²) in [7, 11) is 4.77. The van der Waals surface area contributed by atoms with Gasteiger partial charge in [0.2, 0.25) is 5.91 Å². The van der Waals surface area contributed by atoms with Crippen LogP contribution in [0.3, 0.4) is 0 Å². The SMILES string of the molecule is CCCN(CC(=O)N(CCc1ccc(OC)c(OC)c1)Cc1sccc1C)C(=O)Nc1ccccc1OC. The van der Waals surface area contributed by atoms with Crippen LogP contribution in [0.5, 0.6) is 17.2 Å². The zero-order chi connectivity index (χ0) is 27.5. The van der Waals surface area contributed by atoms with Gasteiger partial charge in [-0.2, -0.15) is 0 Å². The first-order chi connectivity index (χ1) is 18.4. The van der Waals surface area contributed by atoms with Crippen molar-refractivity contribution in [3.05, 3.63) is 69.9 Å². The van der Waals surface area contributed by atoms with E-state index in [1.54, 1.807) is 49.7 Å². The van der Waals surface area contributed by atoms with E-state index in [0.717, 1.165) is 22.4 Å². The van der Waals surface area contributed by atoms with Crippen molar-refractivity contribution in [2.45, 2.75) is 33.2 Å². The number of nitrogens with one attached hydrogen (secondary N) is 1. The maximum absolute atomic E-state index is 13.6. The number of nitrogens with zero attached hydrogens (tertiary/aromatic N) is 2. The Kier molecular flexibility index (Phi) is 10.8. The highest BCUT2D eigenvalue weighted by atomic mass is 32.1. The number of thiophene rings is 1. The molecule has 3 rings (SSSR count). The molecule has 1 aromatic heterocycles. The third kappa shape index (κ3) is 7.64. The van der Waals surface area contributed by atoms with Crippen LogP contribution in [0.4, 0.5) is 10.5 Å². The summed E-state index contributed by atoms with van der Waals surface area (Å²) >= 11 is 1.63. The number of hydrogen-bond donors (Lipinski definition) is 1. The van der Waals surface area contributed by atoms with Crippen LogP contribution >= 0.6 is 11.3 Å². The Morgan fingerprint density at radius 3 is 2.29 bits per heavy atom. The molecule has 0 spiro atoms. The highest BCUT2D eigenvalue weighted by Crippen LogP contribution is 2.28. The van der Waals surface area contributed by atoms with E-state index in [4.69, 9.17) is 14.2 Å². The molecule has 1 N–H and O–H groups in total. The molecular weight excluding hydrogens is 502 g/mol. The van der Waals surface area contributed by atoms with E-state index in [2.05, 4.69) is 11.4 Å². The molecule has 0 unspecified atom stereocenters. The molecule has 0 fully saturated rings. The molecule has 0 saturated heterocycles. The number of ether oxygens (including phenoxy) is 3. The number of anilines is 1. The largest absolute Gasteiger partial charge is 0.495 e. The van der Waals surface area contributed by atoms with Crippen molar-refractivity contribution in [2.24, 2.45) is 0 Å². The van der Waals surface area contributed by atoms with E-state index in [-0.39, 0.29) is 18.5 Å². The van der Waals surface area contributed by atoms with E-state index in [1.807, 2.05) is 54.5 Å². The van der Waals surface area contributed by atoms with Crippen molar-refractivity contribution in [3.8, 4) is 17.2 Å². The Morgan fingerprint density at radius 1 is 0.895 bits per heavy atom. The van der Waals surface area contributed by atoms with Crippen molar-refractivity contribution in [2.75, 3.05) is 46.3 Å². The molecule has 0 atom stereocenters. The first-order valence-corrected chi connectivity index (χ1v) is 13.5. The summed E-state index contributed by atoms with van der Waals surface area (Å²) in [5, 5.41) is 4.93. The second kappa shape index (κ2) is 14.3. The van der Waals surface area contributed by atoms with E-state index < -0.39 is 0 Å². The molecule has 0 aliphatic rings. The summed E-state index contributed by atoms with van der Waals surface area (Å²) in [6.45, 7) is 5.45. The first-order valence-electron chi connectivity index (χ1n) is 12.6. The molecule has 9 heteroatoms. The van der Waals surface area contributed by atoms with Gasteiger partial charge in [0.15, 0.2) is 11.5 Å². The zero-order valence-corrected chi connectivity index (χ0v) is 23.6. The number of amides is 3. The predicted molar refractivity (Wildman–Crippen MR) is 152 cm³/mol. The smallest absolute Gasteiger partial charge is 0.322 e. The normalized spacial score (nSPS) is 10.6. The second-order valence-corrected chi connectivity index (χ2v) is 9.83. The van der Waals surface area contributed by atoms with Crippen LogP contribution in [0.2, 0.25) is 0 Å². The van der Waals surface area contributed by atoms with Gasteiger partial charge < -0.3 is 29.3 Å². The van der Waals surface area contributed by atoms with Gasteiger partial charge in [0.05, 0.1) is 33.6 Å². The van der Waals surface area contributed by atoms with Crippen LogP contribution in [-0.4, -0.2) is 62.7 Å². The Balaban J connectivity index is 1.76. The molecule has 1 heterocycles. The van der Waals surface area contributed by atoms with Crippen LogP contribution in [0.1, 0.15) is 29.3 Å². The Bertz CT molecular complexity index is 1210. The number of rotatable bonds is 13. The molecule has 38 heavy (non-hydrogen) atoms. The van der Waals surface area contributed by atoms with Gasteiger partial charge in [-0.1, -0.05) is 25.1 Å². The molecule has 0 aliphatic heterocycles. The summed E-state index contributed by atoms with van der Waals surface area (Å²) in [5.74, 6) is 1.77. The molecule has 0 aliphatic carbocycles. The van der Waals surface area contributed by atoms with E-state index in [0.29, 0.717) is 49.0 Å². The number of para-hydroxylation sites is 2. The summed E-state index contributed by atoms with van der Waals surface area (Å²) in [6, 6.07) is 14.7. The molecule has 3 aromatic rings. The minimum Gasteiger partial charge on any atom is -0.495 e. The lowest BCUT2D eigenvalue weighted by molar-refractivity contribution is -0.132. The average molecular weight is 540 g/mol. The summed E-state index contributed by atoms with van der Waals surface area (Å²) in [5.41, 5.74) is 2.74. The van der Waals surface area contributed by atoms with Gasteiger partial charge in [0.1, 0.15) is 12.3 Å². The Morgan fingerprint density at radius 2 is 1.63 bits per heavy atom. The zero-order valence-electron chi connectivity index (χ0n) is 22.8. The maximum atomic E-state index is 13.6. The van der Waals surface area contributed by atoms with Gasteiger partial charge in [-0.05, 0) is 66.6 Å². The van der Waals surface area contributed by atoms with E-state index >= 15 is 0 Å². The van der Waals surface area contributed by atoms with Crippen LogP contribution in [0, 0.1) is 6.92 Å². The van der Waals surface area contributed by atoms with Crippen molar-refractivity contribution in [3.63, 3.8) is 0 Å². The first kappa shape index (κ1) is 28.8. The van der Waals surface area contributed by atoms with Crippen LogP contribution < -0.4 is 19.5 Å². The van der Waals surface area contributed by atoms with Crippen molar-refractivity contribution < 1.29 is 23.8 Å². The fourth-order valence-corrected chi connectivity index (χ4v) is 4.98. The standard InChI is InChI=1S/C29H37N3O5S/c1-6-15-32(29(34)30-23-9-7-8-10-24(23)35-3)20-28(33)31(19-27-21(2)14-17-38-27)16-13-22-11-12-25(36-4)26(18-22)37-5/h7-12,14,17-18H,6,13,15-16,19-20H2,1-5H3,(H,30,34). The fraction of sp³-hybridized carbons (Fsp3) is 0.379. The minimum atomic E-state index is -0.336. The number of carbonyl (C=O) groups excluding carboxylic acids is 2. The highest BCUT2D eigenvalue weighted by Gasteiger charge is 2.23. The van der Waals surface area contributed by atoms with Gasteiger partial charge in [-0.25, -0.2) is 4.79 Å². The molecular formula is C29H37N3O5S. The van der Waals surface area contributed by atoms with Crippen LogP contribution in [0.25, 0.3) is 0 Å². The van der Waals surface area contributed by atoms with Crippen molar-refractivity contribution in [1.29, 1.82) is 0 Å². The lowest BCUT2D eigenvalue weighted by atomic mass is 10.1. The van der Waals surface area contributed by atoms with Gasteiger partial charge in [-0.15, -0.1) is 11.3 Å². The second-order valence-electron chi connectivity index (χ2n) is 8.83. The number of methoxy groups -OCH3 is 3. The van der Waals surface area contributed by atoms with Gasteiger partial charge >= 0.3 is 6.03 Å². The van der Waals surface area contributed by atoms with Crippen molar-refractivity contribution in [1.82, 2.24) is 9.80 Å². The van der Waals surface area contributed by atoms with Gasteiger partial charge in [0, 0.05) is 18.0 Å². The summed E-state index contributed by atoms with van der Waals surface area (Å²) in [6.07, 6.45) is 1.36. The molecule has 3 amide bonds. The van der Waals surface area contributed by atoms with Gasteiger partial charge in [-0.3, -0.25) is 4.79 Å².